The number of hydrogen-bond donors (Lipinski definition) is 2. The number of hydrogen-bond acceptors (Lipinski definition) is 6. The molecule has 2 atom stereocenters. The predicted molar refractivity (Wildman–Crippen MR) is 138 cm³/mol. The molecular formula is C26H25F2N3O6S2. The number of amides is 2. The van der Waals surface area contributed by atoms with E-state index in [1.54, 1.807) is 36.6 Å². The normalized spacial score (nSPS) is 17.0. The second kappa shape index (κ2) is 11.6. The van der Waals surface area contributed by atoms with E-state index in [0.717, 1.165) is 38.2 Å². The van der Waals surface area contributed by atoms with Crippen LogP contribution in [0.2, 0.25) is 0 Å². The topological polar surface area (TPSA) is 124 Å². The highest BCUT2D eigenvalue weighted by molar-refractivity contribution is 7.91. The Morgan fingerprint density at radius 3 is 2.49 bits per heavy atom. The highest BCUT2D eigenvalue weighted by Crippen LogP contribution is 2.29. The van der Waals surface area contributed by atoms with Gasteiger partial charge in [0.05, 0.1) is 12.5 Å². The average Bonchev–Trinajstić information content (AvgIpc) is 3.45. The first-order valence-corrected chi connectivity index (χ1v) is 14.2. The SMILES string of the molecule is Cc1cccc(C(CC(=O)O)NC(=O)C2N(C(=O)c3ccc(F)c(F)c3)CCCN2S(=O)(=O)c2cccs2)c1. The summed E-state index contributed by atoms with van der Waals surface area (Å²) in [4.78, 5) is 39.9. The summed E-state index contributed by atoms with van der Waals surface area (Å²) in [6, 6.07) is 11.2. The van der Waals surface area contributed by atoms with Gasteiger partial charge < -0.3 is 15.3 Å². The second-order valence-electron chi connectivity index (χ2n) is 8.98. The molecule has 1 aliphatic rings. The molecule has 0 bridgehead atoms. The highest BCUT2D eigenvalue weighted by Gasteiger charge is 2.45. The first kappa shape index (κ1) is 28.3. The summed E-state index contributed by atoms with van der Waals surface area (Å²) in [6.45, 7) is 1.64. The standard InChI is InChI=1S/C26H25F2N3O6S2/c1-16-5-2-6-17(13-16)21(15-22(32)33)29-24(34)25-30(26(35)18-8-9-19(27)20(28)14-18)10-4-11-31(25)39(36,37)23-7-3-12-38-23/h2-3,5-9,12-14,21,25H,4,10-11,15H2,1H3,(H,29,34)(H,32,33). The van der Waals surface area contributed by atoms with Crippen LogP contribution in [-0.2, 0) is 19.6 Å². The third-order valence-electron chi connectivity index (χ3n) is 6.21. The van der Waals surface area contributed by atoms with Crippen molar-refractivity contribution in [3.63, 3.8) is 0 Å². The van der Waals surface area contributed by atoms with Crippen molar-refractivity contribution in [2.45, 2.75) is 36.2 Å². The Balaban J connectivity index is 1.76. The van der Waals surface area contributed by atoms with Gasteiger partial charge in [0.25, 0.3) is 21.8 Å². The second-order valence-corrected chi connectivity index (χ2v) is 12.0. The van der Waals surface area contributed by atoms with Gasteiger partial charge in [-0.1, -0.05) is 35.9 Å². The molecule has 0 radical (unpaired) electrons. The number of aryl methyl sites for hydroxylation is 1. The van der Waals surface area contributed by atoms with Gasteiger partial charge in [0, 0.05) is 18.7 Å². The Morgan fingerprint density at radius 2 is 1.85 bits per heavy atom. The highest BCUT2D eigenvalue weighted by atomic mass is 32.2. The molecule has 39 heavy (non-hydrogen) atoms. The van der Waals surface area contributed by atoms with E-state index in [4.69, 9.17) is 0 Å². The minimum atomic E-state index is -4.26. The van der Waals surface area contributed by atoms with Crippen molar-refractivity contribution in [1.29, 1.82) is 0 Å². The maximum absolute atomic E-state index is 13.9. The predicted octanol–water partition coefficient (Wildman–Crippen LogP) is 3.53. The summed E-state index contributed by atoms with van der Waals surface area (Å²) in [7, 11) is -4.26. The number of thiophene rings is 1. The first-order valence-electron chi connectivity index (χ1n) is 11.9. The van der Waals surface area contributed by atoms with Crippen LogP contribution in [0.25, 0.3) is 0 Å². The van der Waals surface area contributed by atoms with Crippen LogP contribution in [0.4, 0.5) is 8.78 Å². The van der Waals surface area contributed by atoms with Crippen molar-refractivity contribution in [2.75, 3.05) is 13.1 Å². The number of carbonyl (C=O) groups excluding carboxylic acids is 2. The number of benzene rings is 2. The van der Waals surface area contributed by atoms with E-state index in [-0.39, 0.29) is 29.3 Å². The summed E-state index contributed by atoms with van der Waals surface area (Å²) in [5, 5.41) is 13.7. The van der Waals surface area contributed by atoms with Crippen LogP contribution in [0, 0.1) is 18.6 Å². The van der Waals surface area contributed by atoms with Gasteiger partial charge in [0.1, 0.15) is 4.21 Å². The quantitative estimate of drug-likeness (QED) is 0.422. The van der Waals surface area contributed by atoms with Gasteiger partial charge in [0.2, 0.25) is 0 Å². The number of carboxylic acid groups (broad SMARTS) is 1. The van der Waals surface area contributed by atoms with E-state index in [2.05, 4.69) is 5.32 Å². The van der Waals surface area contributed by atoms with Crippen molar-refractivity contribution in [2.24, 2.45) is 0 Å². The Labute approximate surface area is 227 Å². The number of nitrogens with one attached hydrogen (secondary N) is 1. The lowest BCUT2D eigenvalue weighted by atomic mass is 10.0. The Kier molecular flexibility index (Phi) is 8.42. The molecular weight excluding hydrogens is 552 g/mol. The Morgan fingerprint density at radius 1 is 1.08 bits per heavy atom. The van der Waals surface area contributed by atoms with Crippen LogP contribution in [0.5, 0.6) is 0 Å². The van der Waals surface area contributed by atoms with Gasteiger partial charge in [-0.25, -0.2) is 17.2 Å². The zero-order chi connectivity index (χ0) is 28.3. The molecule has 2 aromatic carbocycles. The maximum atomic E-state index is 13.9. The fraction of sp³-hybridized carbons (Fsp3) is 0.269. The number of aliphatic carboxylic acids is 1. The zero-order valence-electron chi connectivity index (χ0n) is 20.7. The molecule has 4 rings (SSSR count). The van der Waals surface area contributed by atoms with Gasteiger partial charge in [-0.15, -0.1) is 11.3 Å². The molecule has 2 heterocycles. The minimum Gasteiger partial charge on any atom is -0.481 e. The molecule has 1 aromatic heterocycles. The van der Waals surface area contributed by atoms with Crippen LogP contribution in [0.1, 0.15) is 40.4 Å². The third kappa shape index (κ3) is 6.15. The zero-order valence-corrected chi connectivity index (χ0v) is 22.3. The molecule has 206 valence electrons. The van der Waals surface area contributed by atoms with E-state index in [1.165, 1.54) is 12.1 Å². The lowest BCUT2D eigenvalue weighted by Crippen LogP contribution is -2.63. The lowest BCUT2D eigenvalue weighted by Gasteiger charge is -2.42. The van der Waals surface area contributed by atoms with Crippen LogP contribution >= 0.6 is 11.3 Å². The van der Waals surface area contributed by atoms with Crippen LogP contribution < -0.4 is 5.32 Å². The summed E-state index contributed by atoms with van der Waals surface area (Å²) in [6.07, 6.45) is -2.05. The molecule has 9 nitrogen and oxygen atoms in total. The average molecular weight is 578 g/mol. The van der Waals surface area contributed by atoms with Crippen molar-refractivity contribution >= 4 is 39.1 Å². The smallest absolute Gasteiger partial charge is 0.305 e. The van der Waals surface area contributed by atoms with Crippen molar-refractivity contribution < 1.29 is 36.7 Å². The summed E-state index contributed by atoms with van der Waals surface area (Å²) < 4.78 is 55.4. The fourth-order valence-corrected chi connectivity index (χ4v) is 7.13. The molecule has 3 aromatic rings. The molecule has 0 saturated carbocycles. The minimum absolute atomic E-state index is 0.0526. The van der Waals surface area contributed by atoms with Crippen LogP contribution in [0.15, 0.2) is 64.2 Å². The lowest BCUT2D eigenvalue weighted by molar-refractivity contribution is -0.138. The van der Waals surface area contributed by atoms with Gasteiger partial charge in [0.15, 0.2) is 17.8 Å². The Bertz CT molecular complexity index is 1500. The number of nitrogens with zero attached hydrogens (tertiary/aromatic N) is 2. The fourth-order valence-electron chi connectivity index (χ4n) is 4.41. The number of carbonyl (C=O) groups is 3. The number of halogens is 2. The van der Waals surface area contributed by atoms with Crippen LogP contribution in [0.3, 0.4) is 0 Å². The van der Waals surface area contributed by atoms with Gasteiger partial charge in [-0.3, -0.25) is 14.4 Å². The van der Waals surface area contributed by atoms with E-state index < -0.39 is 58.1 Å². The maximum Gasteiger partial charge on any atom is 0.305 e. The molecule has 1 aliphatic heterocycles. The Hall–Kier alpha value is -3.68. The van der Waals surface area contributed by atoms with Gasteiger partial charge in [-0.2, -0.15) is 4.31 Å². The van der Waals surface area contributed by atoms with Gasteiger partial charge >= 0.3 is 5.97 Å². The van der Waals surface area contributed by atoms with E-state index in [0.29, 0.717) is 11.6 Å². The van der Waals surface area contributed by atoms with E-state index in [9.17, 15) is 36.7 Å². The largest absolute Gasteiger partial charge is 0.481 e. The molecule has 1 saturated heterocycles. The summed E-state index contributed by atoms with van der Waals surface area (Å²) in [5.41, 5.74) is 1.02. The summed E-state index contributed by atoms with van der Waals surface area (Å²) >= 11 is 0.934. The third-order valence-corrected chi connectivity index (χ3v) is 9.43. The van der Waals surface area contributed by atoms with Gasteiger partial charge in [-0.05, 0) is 48.6 Å². The number of rotatable bonds is 8. The van der Waals surface area contributed by atoms with Crippen molar-refractivity contribution in [3.8, 4) is 0 Å². The molecule has 13 heteroatoms. The molecule has 1 fully saturated rings. The molecule has 0 spiro atoms. The number of carboxylic acids is 1. The van der Waals surface area contributed by atoms with Crippen molar-refractivity contribution in [3.05, 3.63) is 88.3 Å². The number of sulfonamides is 1. The molecule has 2 unspecified atom stereocenters. The van der Waals surface area contributed by atoms with Crippen LogP contribution in [-0.4, -0.2) is 59.8 Å². The van der Waals surface area contributed by atoms with Crippen molar-refractivity contribution in [1.82, 2.24) is 14.5 Å². The first-order chi connectivity index (χ1) is 18.5. The molecule has 2 amide bonds. The van der Waals surface area contributed by atoms with E-state index in [1.807, 2.05) is 0 Å². The summed E-state index contributed by atoms with van der Waals surface area (Å²) in [5.74, 6) is -5.47. The molecule has 0 aliphatic carbocycles. The van der Waals surface area contributed by atoms with E-state index >= 15 is 0 Å². The monoisotopic (exact) mass is 577 g/mol. The molecule has 2 N–H and O–H groups in total.